The summed E-state index contributed by atoms with van der Waals surface area (Å²) in [5, 5.41) is 7.17. The Morgan fingerprint density at radius 1 is 1.35 bits per heavy atom. The fourth-order valence-electron chi connectivity index (χ4n) is 1.63. The van der Waals surface area contributed by atoms with Crippen LogP contribution in [0.5, 0.6) is 5.75 Å². The van der Waals surface area contributed by atoms with Crippen molar-refractivity contribution in [3.8, 4) is 5.75 Å². The maximum absolute atomic E-state index is 7.17. The second-order valence-corrected chi connectivity index (χ2v) is 5.37. The summed E-state index contributed by atoms with van der Waals surface area (Å²) < 4.78 is 5.71. The smallest absolute Gasteiger partial charge is 0.123 e. The number of nitrogens with two attached hydrogens (primary N) is 1. The molecule has 3 N–H and O–H groups in total. The summed E-state index contributed by atoms with van der Waals surface area (Å²) in [5.41, 5.74) is 7.79. The molecule has 0 saturated carbocycles. The molecule has 0 bridgehead atoms. The Bertz CT molecular complexity index is 405. The number of hydrogen-bond donors (Lipinski definition) is 2. The molecule has 0 radical (unpaired) electrons. The van der Waals surface area contributed by atoms with Crippen LogP contribution in [0.4, 0.5) is 0 Å². The van der Waals surface area contributed by atoms with Crippen LogP contribution in [0.1, 0.15) is 38.3 Å². The zero-order valence-corrected chi connectivity index (χ0v) is 11.1. The monoisotopic (exact) mass is 234 g/mol. The fraction of sp³-hybridized carbons (Fsp3) is 0.500. The van der Waals surface area contributed by atoms with Gasteiger partial charge >= 0.3 is 0 Å². The molecule has 1 rings (SSSR count). The quantitative estimate of drug-likeness (QED) is 0.621. The first kappa shape index (κ1) is 13.6. The topological polar surface area (TPSA) is 59.1 Å². The summed E-state index contributed by atoms with van der Waals surface area (Å²) in [7, 11) is 0. The highest BCUT2D eigenvalue weighted by atomic mass is 16.5. The minimum Gasteiger partial charge on any atom is -0.493 e. The van der Waals surface area contributed by atoms with E-state index in [1.807, 2.05) is 12.1 Å². The first-order valence-electron chi connectivity index (χ1n) is 5.87. The lowest BCUT2D eigenvalue weighted by Crippen LogP contribution is -2.17. The van der Waals surface area contributed by atoms with E-state index in [-0.39, 0.29) is 11.3 Å². The number of rotatable bonds is 4. The third-order valence-corrected chi connectivity index (χ3v) is 2.57. The summed E-state index contributed by atoms with van der Waals surface area (Å²) >= 11 is 0. The van der Waals surface area contributed by atoms with Gasteiger partial charge in [0, 0.05) is 6.42 Å². The molecule has 0 spiro atoms. The Morgan fingerprint density at radius 3 is 2.53 bits per heavy atom. The third-order valence-electron chi connectivity index (χ3n) is 2.57. The van der Waals surface area contributed by atoms with E-state index >= 15 is 0 Å². The molecule has 0 atom stereocenters. The van der Waals surface area contributed by atoms with Gasteiger partial charge in [-0.2, -0.15) is 0 Å². The minimum absolute atomic E-state index is 0.0532. The lowest BCUT2D eigenvalue weighted by Gasteiger charge is -2.23. The number of benzene rings is 1. The molecule has 1 aromatic carbocycles. The molecule has 3 nitrogen and oxygen atoms in total. The molecule has 1 aromatic rings. The number of aryl methyl sites for hydroxylation is 1. The van der Waals surface area contributed by atoms with E-state index in [0.29, 0.717) is 13.0 Å². The Labute approximate surface area is 103 Å². The van der Waals surface area contributed by atoms with Gasteiger partial charge in [-0.25, -0.2) is 0 Å². The van der Waals surface area contributed by atoms with Gasteiger partial charge in [-0.05, 0) is 24.0 Å². The Balaban J connectivity index is 2.87. The average Bonchev–Trinajstić information content (AvgIpc) is 2.18. The molecule has 0 aromatic heterocycles. The molecule has 0 aliphatic heterocycles. The maximum Gasteiger partial charge on any atom is 0.123 e. The third kappa shape index (κ3) is 4.10. The van der Waals surface area contributed by atoms with Crippen LogP contribution in [0.3, 0.4) is 0 Å². The molecule has 94 valence electrons. The van der Waals surface area contributed by atoms with Crippen LogP contribution in [-0.4, -0.2) is 12.4 Å². The Hall–Kier alpha value is -1.51. The molecular formula is C14H22N2O. The van der Waals surface area contributed by atoms with Gasteiger partial charge in [0.15, 0.2) is 0 Å². The average molecular weight is 234 g/mol. The largest absolute Gasteiger partial charge is 0.493 e. The van der Waals surface area contributed by atoms with Crippen molar-refractivity contribution < 1.29 is 4.74 Å². The van der Waals surface area contributed by atoms with Crippen LogP contribution >= 0.6 is 0 Å². The first-order chi connectivity index (χ1) is 7.80. The van der Waals surface area contributed by atoms with Gasteiger partial charge < -0.3 is 10.5 Å². The number of nitrogens with one attached hydrogen (secondary N) is 1. The highest BCUT2D eigenvalue weighted by molar-refractivity contribution is 5.76. The van der Waals surface area contributed by atoms with Crippen LogP contribution in [0.15, 0.2) is 18.2 Å². The molecule has 0 fully saturated rings. The highest BCUT2D eigenvalue weighted by Crippen LogP contribution is 2.32. The summed E-state index contributed by atoms with van der Waals surface area (Å²) in [4.78, 5) is 0. The lowest BCUT2D eigenvalue weighted by atomic mass is 9.85. The van der Waals surface area contributed by atoms with Crippen molar-refractivity contribution in [3.05, 3.63) is 29.3 Å². The molecule has 0 amide bonds. The van der Waals surface area contributed by atoms with Gasteiger partial charge in [0.1, 0.15) is 5.75 Å². The first-order valence-corrected chi connectivity index (χ1v) is 5.87. The van der Waals surface area contributed by atoms with E-state index in [2.05, 4.69) is 33.8 Å². The summed E-state index contributed by atoms with van der Waals surface area (Å²) in [6.45, 7) is 9.04. The van der Waals surface area contributed by atoms with Gasteiger partial charge in [-0.3, -0.25) is 5.41 Å². The summed E-state index contributed by atoms with van der Waals surface area (Å²) in [6, 6.07) is 6.19. The highest BCUT2D eigenvalue weighted by Gasteiger charge is 2.19. The molecule has 17 heavy (non-hydrogen) atoms. The van der Waals surface area contributed by atoms with Gasteiger partial charge in [0.2, 0.25) is 0 Å². The molecule has 0 heterocycles. The minimum atomic E-state index is 0.0532. The summed E-state index contributed by atoms with van der Waals surface area (Å²) in [5.74, 6) is 1.05. The van der Waals surface area contributed by atoms with Crippen molar-refractivity contribution in [3.63, 3.8) is 0 Å². The number of amidine groups is 1. The van der Waals surface area contributed by atoms with Gasteiger partial charge in [0.05, 0.1) is 12.4 Å². The molecule has 0 aliphatic rings. The van der Waals surface area contributed by atoms with E-state index in [1.54, 1.807) is 0 Å². The standard InChI is InChI=1S/C14H22N2O/c1-10-5-6-12(17-8-7-13(15)16)11(9-10)14(2,3)4/h5-6,9H,7-8H2,1-4H3,(H3,15,16). The fourth-order valence-corrected chi connectivity index (χ4v) is 1.63. The number of ether oxygens (including phenoxy) is 1. The Kier molecular flexibility index (Phi) is 4.16. The normalized spacial score (nSPS) is 11.3. The van der Waals surface area contributed by atoms with Crippen molar-refractivity contribution >= 4 is 5.84 Å². The predicted octanol–water partition coefficient (Wildman–Crippen LogP) is 3.00. The van der Waals surface area contributed by atoms with E-state index in [1.165, 1.54) is 11.1 Å². The van der Waals surface area contributed by atoms with E-state index in [9.17, 15) is 0 Å². The SMILES string of the molecule is Cc1ccc(OCCC(=N)N)c(C(C)(C)C)c1. The van der Waals surface area contributed by atoms with Crippen LogP contribution in [0.2, 0.25) is 0 Å². The van der Waals surface area contributed by atoms with Gasteiger partial charge in [-0.15, -0.1) is 0 Å². The number of hydrogen-bond acceptors (Lipinski definition) is 2. The van der Waals surface area contributed by atoms with Crippen molar-refractivity contribution in [1.82, 2.24) is 0 Å². The zero-order valence-electron chi connectivity index (χ0n) is 11.1. The van der Waals surface area contributed by atoms with Crippen molar-refractivity contribution in [2.24, 2.45) is 5.73 Å². The molecule has 0 saturated heterocycles. The van der Waals surface area contributed by atoms with E-state index < -0.39 is 0 Å². The van der Waals surface area contributed by atoms with Crippen LogP contribution < -0.4 is 10.5 Å². The van der Waals surface area contributed by atoms with E-state index in [4.69, 9.17) is 15.9 Å². The zero-order chi connectivity index (χ0) is 13.1. The lowest BCUT2D eigenvalue weighted by molar-refractivity contribution is 0.319. The molecule has 3 heteroatoms. The predicted molar refractivity (Wildman–Crippen MR) is 71.9 cm³/mol. The van der Waals surface area contributed by atoms with E-state index in [0.717, 1.165) is 5.75 Å². The second kappa shape index (κ2) is 5.21. The van der Waals surface area contributed by atoms with Crippen LogP contribution in [0, 0.1) is 12.3 Å². The van der Waals surface area contributed by atoms with Crippen LogP contribution in [-0.2, 0) is 5.41 Å². The van der Waals surface area contributed by atoms with Crippen LogP contribution in [0.25, 0.3) is 0 Å². The van der Waals surface area contributed by atoms with Gasteiger partial charge in [-0.1, -0.05) is 38.5 Å². The molecule has 0 aliphatic carbocycles. The van der Waals surface area contributed by atoms with Crippen molar-refractivity contribution in [2.75, 3.05) is 6.61 Å². The molecule has 0 unspecified atom stereocenters. The van der Waals surface area contributed by atoms with Gasteiger partial charge in [0.25, 0.3) is 0 Å². The Morgan fingerprint density at radius 2 is 2.00 bits per heavy atom. The summed E-state index contributed by atoms with van der Waals surface area (Å²) in [6.07, 6.45) is 0.470. The second-order valence-electron chi connectivity index (χ2n) is 5.37. The van der Waals surface area contributed by atoms with Crippen molar-refractivity contribution in [1.29, 1.82) is 5.41 Å². The molecular weight excluding hydrogens is 212 g/mol. The van der Waals surface area contributed by atoms with Crippen molar-refractivity contribution in [2.45, 2.75) is 39.5 Å². The maximum atomic E-state index is 7.17.